The molecule has 0 spiro atoms. The van der Waals surface area contributed by atoms with E-state index in [-0.39, 0.29) is 11.5 Å². The maximum atomic E-state index is 13.0. The van der Waals surface area contributed by atoms with Gasteiger partial charge in [0.1, 0.15) is 29.9 Å². The number of H-pyrrole nitrogens is 1. The Kier molecular flexibility index (Phi) is 6.27. The fourth-order valence-corrected chi connectivity index (χ4v) is 6.17. The van der Waals surface area contributed by atoms with Gasteiger partial charge in [0.15, 0.2) is 0 Å². The number of carbonyl (C=O) groups is 1. The highest BCUT2D eigenvalue weighted by Gasteiger charge is 2.25. The minimum Gasteiger partial charge on any atom is -0.455 e. The first-order valence-corrected chi connectivity index (χ1v) is 14.2. The largest absolute Gasteiger partial charge is 0.455 e. The average molecular weight is 499 g/mol. The van der Waals surface area contributed by atoms with Crippen LogP contribution in [0.4, 0.5) is 0 Å². The van der Waals surface area contributed by atoms with Crippen LogP contribution in [0.3, 0.4) is 0 Å². The summed E-state index contributed by atoms with van der Waals surface area (Å²) in [7, 11) is -0.927. The number of hydrogen-bond acceptors (Lipinski definition) is 6. The summed E-state index contributed by atoms with van der Waals surface area (Å²) in [4.78, 5) is 33.2. The first-order valence-electron chi connectivity index (χ1n) is 10.8. The van der Waals surface area contributed by atoms with Crippen LogP contribution in [0.5, 0.6) is 11.5 Å². The van der Waals surface area contributed by atoms with E-state index in [1.54, 1.807) is 45.0 Å². The number of thiophene rings is 1. The molecule has 4 aromatic rings. The predicted molar refractivity (Wildman–Crippen MR) is 138 cm³/mol. The Morgan fingerprint density at radius 1 is 1.24 bits per heavy atom. The zero-order valence-corrected chi connectivity index (χ0v) is 21.7. The van der Waals surface area contributed by atoms with Crippen molar-refractivity contribution in [3.8, 4) is 21.9 Å². The lowest BCUT2D eigenvalue weighted by atomic mass is 10.1. The molecule has 0 radical (unpaired) electrons. The predicted octanol–water partition coefficient (Wildman–Crippen LogP) is 4.40. The molecule has 4 rings (SSSR count). The number of nitrogens with one attached hydrogen (secondary N) is 2. The Hall–Kier alpha value is -3.16. The van der Waals surface area contributed by atoms with E-state index in [2.05, 4.69) is 15.3 Å². The molecule has 0 aliphatic rings. The van der Waals surface area contributed by atoms with Gasteiger partial charge in [-0.3, -0.25) is 14.6 Å². The fraction of sp³-hybridized carbons (Fsp3) is 0.292. The highest BCUT2D eigenvalue weighted by molar-refractivity contribution is 7.75. The maximum absolute atomic E-state index is 13.0. The van der Waals surface area contributed by atoms with Crippen LogP contribution >= 0.6 is 18.5 Å². The smallest absolute Gasteiger partial charge is 0.274 e. The molecule has 0 atom stereocenters. The Morgan fingerprint density at radius 3 is 2.53 bits per heavy atom. The number of amides is 1. The van der Waals surface area contributed by atoms with Crippen LogP contribution in [-0.4, -0.2) is 40.3 Å². The number of nitrogens with zero attached hydrogens (tertiary/aromatic N) is 2. The molecule has 0 saturated heterocycles. The third-order valence-corrected chi connectivity index (χ3v) is 9.21. The van der Waals surface area contributed by atoms with Crippen molar-refractivity contribution in [1.29, 1.82) is 0 Å². The van der Waals surface area contributed by atoms with Crippen molar-refractivity contribution in [3.05, 3.63) is 57.9 Å². The second-order valence-corrected chi connectivity index (χ2v) is 13.2. The summed E-state index contributed by atoms with van der Waals surface area (Å²) in [5.41, 5.74) is 2.85. The second-order valence-electron chi connectivity index (χ2n) is 8.62. The van der Waals surface area contributed by atoms with E-state index in [0.29, 0.717) is 44.8 Å². The Balaban J connectivity index is 1.98. The Bertz CT molecular complexity index is 1510. The molecule has 4 heterocycles. The van der Waals surface area contributed by atoms with E-state index < -0.39 is 7.14 Å². The van der Waals surface area contributed by atoms with Crippen LogP contribution in [0, 0.1) is 13.8 Å². The lowest BCUT2D eigenvalue weighted by Gasteiger charge is -2.12. The van der Waals surface area contributed by atoms with Crippen LogP contribution < -0.4 is 20.2 Å². The van der Waals surface area contributed by atoms with Crippen LogP contribution in [0.25, 0.3) is 21.3 Å². The van der Waals surface area contributed by atoms with Crippen LogP contribution in [-0.2, 0) is 11.6 Å². The minimum absolute atomic E-state index is 0.244. The molecule has 0 fully saturated rings. The molecule has 0 bridgehead atoms. The quantitative estimate of drug-likeness (QED) is 0.384. The van der Waals surface area contributed by atoms with Crippen LogP contribution in [0.15, 0.2) is 35.5 Å². The van der Waals surface area contributed by atoms with Gasteiger partial charge in [-0.2, -0.15) is 0 Å². The molecule has 10 heteroatoms. The van der Waals surface area contributed by atoms with E-state index >= 15 is 0 Å². The zero-order valence-electron chi connectivity index (χ0n) is 20.0. The minimum atomic E-state index is -2.59. The molecule has 0 unspecified atom stereocenters. The lowest BCUT2D eigenvalue weighted by molar-refractivity contribution is 0.0951. The molecule has 4 aromatic heterocycles. The molecule has 0 saturated carbocycles. The van der Waals surface area contributed by atoms with Crippen molar-refractivity contribution in [3.63, 3.8) is 0 Å². The summed E-state index contributed by atoms with van der Waals surface area (Å²) < 4.78 is 21.5. The Labute approximate surface area is 201 Å². The molecule has 34 heavy (non-hydrogen) atoms. The molecule has 0 aliphatic carbocycles. The molecule has 0 aliphatic heterocycles. The molecule has 2 N–H and O–H groups in total. The second kappa shape index (κ2) is 8.89. The number of aromatic nitrogens is 3. The van der Waals surface area contributed by atoms with Crippen molar-refractivity contribution in [2.24, 2.45) is 7.05 Å². The number of hydrogen-bond donors (Lipinski definition) is 2. The van der Waals surface area contributed by atoms with Crippen molar-refractivity contribution >= 4 is 39.9 Å². The number of fused-ring (bicyclic) bond motifs is 1. The molecule has 1 amide bonds. The normalized spacial score (nSPS) is 11.7. The first kappa shape index (κ1) is 24.0. The van der Waals surface area contributed by atoms with E-state index in [1.807, 2.05) is 26.8 Å². The van der Waals surface area contributed by atoms with Gasteiger partial charge in [0.05, 0.1) is 9.50 Å². The summed E-state index contributed by atoms with van der Waals surface area (Å²) in [6.07, 6.45) is 5.19. The van der Waals surface area contributed by atoms with Gasteiger partial charge in [-0.15, -0.1) is 11.3 Å². The lowest BCUT2D eigenvalue weighted by Crippen LogP contribution is -2.23. The van der Waals surface area contributed by atoms with Crippen molar-refractivity contribution < 1.29 is 14.1 Å². The van der Waals surface area contributed by atoms with E-state index in [9.17, 15) is 14.2 Å². The summed E-state index contributed by atoms with van der Waals surface area (Å²) >= 11 is 1.37. The van der Waals surface area contributed by atoms with Gasteiger partial charge >= 0.3 is 0 Å². The van der Waals surface area contributed by atoms with Gasteiger partial charge in [-0.25, -0.2) is 0 Å². The van der Waals surface area contributed by atoms with Gasteiger partial charge in [0.25, 0.3) is 11.5 Å². The third kappa shape index (κ3) is 4.33. The topological polar surface area (TPSA) is 106 Å². The number of ether oxygens (including phenoxy) is 1. The number of carbonyl (C=O) groups excluding carboxylic acids is 1. The maximum Gasteiger partial charge on any atom is 0.274 e. The van der Waals surface area contributed by atoms with Gasteiger partial charge in [0, 0.05) is 60.3 Å². The summed E-state index contributed by atoms with van der Waals surface area (Å²) in [5, 5.41) is 3.36. The Morgan fingerprint density at radius 2 is 1.91 bits per heavy atom. The van der Waals surface area contributed by atoms with Crippen molar-refractivity contribution in [1.82, 2.24) is 19.9 Å². The van der Waals surface area contributed by atoms with E-state index in [0.717, 1.165) is 16.0 Å². The van der Waals surface area contributed by atoms with E-state index in [1.165, 1.54) is 15.9 Å². The highest BCUT2D eigenvalue weighted by atomic mass is 32.1. The molecule has 0 aromatic carbocycles. The standard InChI is InChI=1S/C24H27N4O4PS/c1-7-26-23(29)17-8-15-16(12-28(4)24(30)20(15)27-17)22-18(9-19(34-22)33(5,6)31)32-21-13(2)10-25-11-14(21)3/h8-12,27H,7H2,1-6H3,(H,26,29). The third-order valence-electron chi connectivity index (χ3n) is 5.47. The van der Waals surface area contributed by atoms with Gasteiger partial charge < -0.3 is 24.2 Å². The number of rotatable bonds is 6. The van der Waals surface area contributed by atoms with Gasteiger partial charge in [-0.05, 0) is 40.2 Å². The highest BCUT2D eigenvalue weighted by Crippen LogP contribution is 2.47. The fourth-order valence-electron chi connectivity index (χ4n) is 3.74. The van der Waals surface area contributed by atoms with Crippen LogP contribution in [0.1, 0.15) is 28.5 Å². The number of pyridine rings is 2. The van der Waals surface area contributed by atoms with E-state index in [4.69, 9.17) is 4.74 Å². The summed E-state index contributed by atoms with van der Waals surface area (Å²) in [6.45, 7) is 9.57. The van der Waals surface area contributed by atoms with Crippen LogP contribution in [0.2, 0.25) is 0 Å². The molecular weight excluding hydrogens is 471 g/mol. The van der Waals surface area contributed by atoms with Crippen molar-refractivity contribution in [2.75, 3.05) is 19.9 Å². The van der Waals surface area contributed by atoms with Gasteiger partial charge in [-0.1, -0.05) is 0 Å². The molecule has 178 valence electrons. The zero-order chi connectivity index (χ0) is 24.8. The number of aromatic amines is 1. The molecule has 8 nitrogen and oxygen atoms in total. The molecular formula is C24H27N4O4PS. The monoisotopic (exact) mass is 498 g/mol. The van der Waals surface area contributed by atoms with Gasteiger partial charge in [0.2, 0.25) is 0 Å². The summed E-state index contributed by atoms with van der Waals surface area (Å²) in [6, 6.07) is 3.50. The first-order chi connectivity index (χ1) is 16.0. The summed E-state index contributed by atoms with van der Waals surface area (Å²) in [5.74, 6) is 0.938. The number of aryl methyl sites for hydroxylation is 3. The van der Waals surface area contributed by atoms with Crippen molar-refractivity contribution in [2.45, 2.75) is 20.8 Å². The average Bonchev–Trinajstić information content (AvgIpc) is 3.39. The SMILES string of the molecule is CCNC(=O)c1cc2c(-c3sc(P(C)(C)=O)cc3Oc3c(C)cncc3C)cn(C)c(=O)c2[nH]1.